The summed E-state index contributed by atoms with van der Waals surface area (Å²) in [5.41, 5.74) is 1.97. The molecule has 1 N–H and O–H groups in total. The second-order valence-electron chi connectivity index (χ2n) is 5.42. The zero-order valence-electron chi connectivity index (χ0n) is 12.4. The second-order valence-corrected chi connectivity index (χ2v) is 5.42. The zero-order chi connectivity index (χ0) is 16.6. The molecule has 0 bridgehead atoms. The number of aromatic nitrogens is 1. The summed E-state index contributed by atoms with van der Waals surface area (Å²) in [4.78, 5) is 23.4. The van der Waals surface area contributed by atoms with Gasteiger partial charge in [-0.25, -0.2) is 9.18 Å². The maximum absolute atomic E-state index is 13.4. The van der Waals surface area contributed by atoms with Crippen LogP contribution < -0.4 is 5.56 Å². The van der Waals surface area contributed by atoms with Gasteiger partial charge in [-0.05, 0) is 53.8 Å². The number of rotatable bonds is 3. The quantitative estimate of drug-likeness (QED) is 0.808. The van der Waals surface area contributed by atoms with Gasteiger partial charge in [0.15, 0.2) is 0 Å². The first-order valence-corrected chi connectivity index (χ1v) is 7.07. The summed E-state index contributed by atoms with van der Waals surface area (Å²) in [5.74, 6) is -1.38. The molecule has 23 heavy (non-hydrogen) atoms. The number of hydrogen-bond donors (Lipinski definition) is 1. The Morgan fingerprint density at radius 3 is 2.65 bits per heavy atom. The van der Waals surface area contributed by atoms with Gasteiger partial charge in [-0.15, -0.1) is 0 Å². The number of fused-ring (bicyclic) bond motifs is 1. The van der Waals surface area contributed by atoms with Gasteiger partial charge < -0.3 is 9.67 Å². The highest BCUT2D eigenvalue weighted by molar-refractivity contribution is 5.94. The van der Waals surface area contributed by atoms with E-state index in [1.165, 1.54) is 34.9 Å². The van der Waals surface area contributed by atoms with E-state index in [0.29, 0.717) is 22.0 Å². The van der Waals surface area contributed by atoms with Gasteiger partial charge in [0.2, 0.25) is 0 Å². The molecule has 0 spiro atoms. The third kappa shape index (κ3) is 2.85. The van der Waals surface area contributed by atoms with E-state index < -0.39 is 5.97 Å². The molecule has 0 amide bonds. The summed E-state index contributed by atoms with van der Waals surface area (Å²) in [6, 6.07) is 12.1. The molecule has 1 aromatic heterocycles. The van der Waals surface area contributed by atoms with E-state index in [4.69, 9.17) is 5.11 Å². The second kappa shape index (κ2) is 5.68. The summed E-state index contributed by atoms with van der Waals surface area (Å²) in [7, 11) is 0. The van der Waals surface area contributed by atoms with Gasteiger partial charge in [-0.3, -0.25) is 4.79 Å². The largest absolute Gasteiger partial charge is 0.478 e. The molecule has 3 aromatic rings. The molecule has 0 atom stereocenters. The van der Waals surface area contributed by atoms with Crippen molar-refractivity contribution in [2.24, 2.45) is 0 Å². The Labute approximate surface area is 131 Å². The lowest BCUT2D eigenvalue weighted by Gasteiger charge is -2.13. The Bertz CT molecular complexity index is 976. The molecule has 0 unspecified atom stereocenters. The number of carboxylic acids is 1. The highest BCUT2D eigenvalue weighted by Crippen LogP contribution is 2.20. The molecule has 2 aromatic carbocycles. The lowest BCUT2D eigenvalue weighted by Crippen LogP contribution is -2.21. The predicted octanol–water partition coefficient (Wildman–Crippen LogP) is 3.20. The third-order valence-corrected chi connectivity index (χ3v) is 3.75. The molecule has 3 rings (SSSR count). The Morgan fingerprint density at radius 1 is 1.17 bits per heavy atom. The van der Waals surface area contributed by atoms with Crippen molar-refractivity contribution in [1.29, 1.82) is 0 Å². The maximum atomic E-state index is 13.4. The topological polar surface area (TPSA) is 59.3 Å². The van der Waals surface area contributed by atoms with Gasteiger partial charge in [0, 0.05) is 6.07 Å². The van der Waals surface area contributed by atoms with Gasteiger partial charge in [0.05, 0.1) is 17.6 Å². The lowest BCUT2D eigenvalue weighted by molar-refractivity contribution is 0.0697. The van der Waals surface area contributed by atoms with Gasteiger partial charge in [0.1, 0.15) is 5.82 Å². The van der Waals surface area contributed by atoms with E-state index in [9.17, 15) is 14.0 Å². The Balaban J connectivity index is 2.21. The van der Waals surface area contributed by atoms with Crippen LogP contribution >= 0.6 is 0 Å². The molecule has 116 valence electrons. The third-order valence-electron chi connectivity index (χ3n) is 3.75. The molecule has 0 radical (unpaired) electrons. The fraction of sp³-hybridized carbons (Fsp3) is 0.111. The molecule has 0 aliphatic rings. The van der Waals surface area contributed by atoms with Gasteiger partial charge in [-0.1, -0.05) is 12.1 Å². The number of carbonyl (C=O) groups is 1. The summed E-state index contributed by atoms with van der Waals surface area (Å²) in [5, 5.41) is 9.81. The minimum atomic E-state index is -1.02. The predicted molar refractivity (Wildman–Crippen MR) is 85.4 cm³/mol. The average molecular weight is 311 g/mol. The van der Waals surface area contributed by atoms with Crippen LogP contribution in [0.3, 0.4) is 0 Å². The number of hydrogen-bond acceptors (Lipinski definition) is 2. The first-order valence-electron chi connectivity index (χ1n) is 7.07. The molecule has 0 aliphatic carbocycles. The fourth-order valence-corrected chi connectivity index (χ4v) is 2.76. The number of aryl methyl sites for hydroxylation is 1. The minimum Gasteiger partial charge on any atom is -0.478 e. The van der Waals surface area contributed by atoms with Crippen molar-refractivity contribution in [3.8, 4) is 0 Å². The molecule has 0 aliphatic heterocycles. The molecule has 0 fully saturated rings. The normalized spacial score (nSPS) is 10.9. The minimum absolute atomic E-state index is 0.172. The molecule has 1 heterocycles. The Hall–Kier alpha value is -2.95. The number of halogens is 1. The van der Waals surface area contributed by atoms with Crippen molar-refractivity contribution < 1.29 is 14.3 Å². The van der Waals surface area contributed by atoms with E-state index in [0.717, 1.165) is 0 Å². The number of aromatic carboxylic acids is 1. The van der Waals surface area contributed by atoms with Crippen molar-refractivity contribution in [3.63, 3.8) is 0 Å². The first-order chi connectivity index (χ1) is 11.0. The van der Waals surface area contributed by atoms with Crippen LogP contribution in [-0.4, -0.2) is 15.6 Å². The van der Waals surface area contributed by atoms with Crippen molar-refractivity contribution in [1.82, 2.24) is 4.57 Å². The maximum Gasteiger partial charge on any atom is 0.335 e. The monoisotopic (exact) mass is 311 g/mol. The molecule has 5 heteroatoms. The van der Waals surface area contributed by atoms with E-state index in [2.05, 4.69) is 0 Å². The van der Waals surface area contributed by atoms with Gasteiger partial charge in [-0.2, -0.15) is 0 Å². The van der Waals surface area contributed by atoms with Crippen LogP contribution in [0.2, 0.25) is 0 Å². The van der Waals surface area contributed by atoms with E-state index in [1.807, 2.05) is 0 Å². The SMILES string of the molecule is Cc1cc(C(=O)O)cc2ccc(=O)n(Cc3cccc(F)c3)c12. The standard InChI is InChI=1S/C18H14FNO3/c1-11-7-14(18(22)23)9-13-5-6-16(21)20(17(11)13)10-12-3-2-4-15(19)8-12/h2-9H,10H2,1H3,(H,22,23). The van der Waals surface area contributed by atoms with Crippen LogP contribution in [0.1, 0.15) is 21.5 Å². The first kappa shape index (κ1) is 15.0. The average Bonchev–Trinajstić information content (AvgIpc) is 2.50. The van der Waals surface area contributed by atoms with Crippen LogP contribution in [0.5, 0.6) is 0 Å². The molecule has 0 saturated carbocycles. The highest BCUT2D eigenvalue weighted by atomic mass is 19.1. The van der Waals surface area contributed by atoms with Crippen LogP contribution in [0.4, 0.5) is 4.39 Å². The van der Waals surface area contributed by atoms with Crippen molar-refractivity contribution in [3.05, 3.63) is 81.4 Å². The molecular formula is C18H14FNO3. The van der Waals surface area contributed by atoms with Crippen LogP contribution in [0.25, 0.3) is 10.9 Å². The van der Waals surface area contributed by atoms with Crippen LogP contribution in [-0.2, 0) is 6.54 Å². The van der Waals surface area contributed by atoms with E-state index >= 15 is 0 Å². The Morgan fingerprint density at radius 2 is 1.96 bits per heavy atom. The van der Waals surface area contributed by atoms with Crippen LogP contribution in [0.15, 0.2) is 53.3 Å². The highest BCUT2D eigenvalue weighted by Gasteiger charge is 2.11. The van der Waals surface area contributed by atoms with Gasteiger partial charge in [0.25, 0.3) is 5.56 Å². The van der Waals surface area contributed by atoms with E-state index in [-0.39, 0.29) is 23.5 Å². The molecular weight excluding hydrogens is 297 g/mol. The number of pyridine rings is 1. The van der Waals surface area contributed by atoms with Crippen molar-refractivity contribution in [2.75, 3.05) is 0 Å². The summed E-state index contributed by atoms with van der Waals surface area (Å²) in [6.45, 7) is 1.98. The number of nitrogens with zero attached hydrogens (tertiary/aromatic N) is 1. The van der Waals surface area contributed by atoms with Crippen molar-refractivity contribution in [2.45, 2.75) is 13.5 Å². The summed E-state index contributed by atoms with van der Waals surface area (Å²) >= 11 is 0. The zero-order valence-corrected chi connectivity index (χ0v) is 12.4. The van der Waals surface area contributed by atoms with Crippen molar-refractivity contribution >= 4 is 16.9 Å². The lowest BCUT2D eigenvalue weighted by atomic mass is 10.1. The number of carboxylic acid groups (broad SMARTS) is 1. The smallest absolute Gasteiger partial charge is 0.335 e. The number of benzene rings is 2. The molecule has 0 saturated heterocycles. The molecule has 4 nitrogen and oxygen atoms in total. The summed E-state index contributed by atoms with van der Waals surface area (Å²) < 4.78 is 14.9. The Kier molecular flexibility index (Phi) is 3.70. The van der Waals surface area contributed by atoms with Gasteiger partial charge >= 0.3 is 5.97 Å². The van der Waals surface area contributed by atoms with E-state index in [1.54, 1.807) is 25.1 Å². The van der Waals surface area contributed by atoms with Crippen LogP contribution in [0, 0.1) is 12.7 Å². The fourth-order valence-electron chi connectivity index (χ4n) is 2.76. The summed E-state index contributed by atoms with van der Waals surface area (Å²) in [6.07, 6.45) is 0.